The Balaban J connectivity index is 0. The fourth-order valence-electron chi connectivity index (χ4n) is 1.70. The smallest absolute Gasteiger partial charge is 0.215 e. The zero-order valence-corrected chi connectivity index (χ0v) is 11.2. The molecule has 1 unspecified atom stereocenters. The number of ketones is 1. The second-order valence-electron chi connectivity index (χ2n) is 3.80. The molecular formula is C12H24ClNO. The van der Waals surface area contributed by atoms with Crippen LogP contribution in [0.25, 0.3) is 0 Å². The molecule has 0 spiro atoms. The Morgan fingerprint density at radius 3 is 1.93 bits per heavy atom. The molecule has 0 fully saturated rings. The molecule has 0 bridgehead atoms. The predicted octanol–water partition coefficient (Wildman–Crippen LogP) is -0.893. The van der Waals surface area contributed by atoms with Crippen molar-refractivity contribution in [2.24, 2.45) is 0 Å². The fraction of sp³-hybridized carbons (Fsp3) is 0.750. The van der Waals surface area contributed by atoms with Gasteiger partial charge in [0.15, 0.2) is 0 Å². The standard InChI is InChI=1S/C12H23NO.ClH/c1-5-8-11(10(6-2)7-3)12(14)9(4)13;/h9H,5-8,13H2,1-4H3;1H. The summed E-state index contributed by atoms with van der Waals surface area (Å²) in [6, 6.07) is -0.107. The Morgan fingerprint density at radius 2 is 1.67 bits per heavy atom. The van der Waals surface area contributed by atoms with E-state index in [4.69, 9.17) is 0 Å². The van der Waals surface area contributed by atoms with Gasteiger partial charge < -0.3 is 18.1 Å². The van der Waals surface area contributed by atoms with Crippen LogP contribution in [-0.4, -0.2) is 11.8 Å². The van der Waals surface area contributed by atoms with Gasteiger partial charge in [-0.15, -0.1) is 0 Å². The van der Waals surface area contributed by atoms with Crippen molar-refractivity contribution in [1.29, 1.82) is 0 Å². The highest BCUT2D eigenvalue weighted by Crippen LogP contribution is 2.19. The van der Waals surface area contributed by atoms with Crippen molar-refractivity contribution in [3.8, 4) is 0 Å². The summed E-state index contributed by atoms with van der Waals surface area (Å²) < 4.78 is 0. The predicted molar refractivity (Wildman–Crippen MR) is 59.9 cm³/mol. The molecule has 2 nitrogen and oxygen atoms in total. The van der Waals surface area contributed by atoms with E-state index in [9.17, 15) is 4.79 Å². The molecule has 0 aromatic heterocycles. The molecule has 0 heterocycles. The second kappa shape index (κ2) is 8.93. The van der Waals surface area contributed by atoms with E-state index < -0.39 is 0 Å². The van der Waals surface area contributed by atoms with Gasteiger partial charge in [0.1, 0.15) is 6.04 Å². The molecular weight excluding hydrogens is 210 g/mol. The zero-order valence-electron chi connectivity index (χ0n) is 10.4. The molecule has 0 aromatic rings. The lowest BCUT2D eigenvalue weighted by Crippen LogP contribution is -3.00. The first kappa shape index (κ1) is 17.1. The van der Waals surface area contributed by atoms with Crippen LogP contribution in [0.15, 0.2) is 11.1 Å². The summed E-state index contributed by atoms with van der Waals surface area (Å²) in [7, 11) is 0. The molecule has 3 N–H and O–H groups in total. The van der Waals surface area contributed by atoms with Crippen molar-refractivity contribution >= 4 is 5.78 Å². The molecule has 0 aromatic carbocycles. The minimum Gasteiger partial charge on any atom is -1.00 e. The van der Waals surface area contributed by atoms with E-state index in [1.165, 1.54) is 5.57 Å². The lowest BCUT2D eigenvalue weighted by atomic mass is 9.93. The molecule has 3 heteroatoms. The number of carbonyl (C=O) groups excluding carboxylic acids is 1. The van der Waals surface area contributed by atoms with Gasteiger partial charge in [-0.3, -0.25) is 4.79 Å². The minimum absolute atomic E-state index is 0. The quantitative estimate of drug-likeness (QED) is 0.595. The first-order valence-electron chi connectivity index (χ1n) is 5.66. The third-order valence-electron chi connectivity index (χ3n) is 2.53. The summed E-state index contributed by atoms with van der Waals surface area (Å²) in [6.45, 7) is 8.23. The Bertz CT molecular complexity index is 216. The van der Waals surface area contributed by atoms with Gasteiger partial charge in [-0.25, -0.2) is 0 Å². The molecule has 90 valence electrons. The van der Waals surface area contributed by atoms with Crippen molar-refractivity contribution < 1.29 is 22.9 Å². The molecule has 0 aliphatic heterocycles. The summed E-state index contributed by atoms with van der Waals surface area (Å²) in [6.07, 6.45) is 3.93. The van der Waals surface area contributed by atoms with Crippen molar-refractivity contribution in [2.75, 3.05) is 0 Å². The number of rotatable bonds is 6. The van der Waals surface area contributed by atoms with Crippen LogP contribution in [0.1, 0.15) is 53.4 Å². The fourth-order valence-corrected chi connectivity index (χ4v) is 1.70. The SMILES string of the molecule is CCCC(C(=O)C(C)[NH3+])=C(CC)CC.[Cl-]. The highest BCUT2D eigenvalue weighted by atomic mass is 35.5. The number of hydrogen-bond donors (Lipinski definition) is 1. The molecule has 15 heavy (non-hydrogen) atoms. The van der Waals surface area contributed by atoms with Gasteiger partial charge in [-0.05, 0) is 26.2 Å². The van der Waals surface area contributed by atoms with Gasteiger partial charge in [0.25, 0.3) is 0 Å². The lowest BCUT2D eigenvalue weighted by Gasteiger charge is -2.12. The van der Waals surface area contributed by atoms with Crippen LogP contribution in [-0.2, 0) is 4.79 Å². The maximum atomic E-state index is 11.9. The molecule has 0 aliphatic carbocycles. The summed E-state index contributed by atoms with van der Waals surface area (Å²) in [5.41, 5.74) is 6.16. The van der Waals surface area contributed by atoms with Gasteiger partial charge in [-0.1, -0.05) is 32.8 Å². The van der Waals surface area contributed by atoms with Crippen molar-refractivity contribution in [3.63, 3.8) is 0 Å². The molecule has 0 amide bonds. The normalized spacial score (nSPS) is 11.5. The van der Waals surface area contributed by atoms with Crippen LogP contribution in [0, 0.1) is 0 Å². The van der Waals surface area contributed by atoms with Crippen LogP contribution in [0.3, 0.4) is 0 Å². The summed E-state index contributed by atoms with van der Waals surface area (Å²) in [5.74, 6) is 0.241. The van der Waals surface area contributed by atoms with Crippen LogP contribution >= 0.6 is 0 Å². The molecule has 1 atom stereocenters. The number of Topliss-reactive ketones (excluding diaryl/α,β-unsaturated/α-hetero) is 1. The number of quaternary nitrogens is 1. The number of allylic oxidation sites excluding steroid dienone is 1. The van der Waals surface area contributed by atoms with Crippen molar-refractivity contribution in [3.05, 3.63) is 11.1 Å². The number of halogens is 1. The first-order valence-corrected chi connectivity index (χ1v) is 5.66. The van der Waals surface area contributed by atoms with Gasteiger partial charge >= 0.3 is 0 Å². The number of hydrogen-bond acceptors (Lipinski definition) is 1. The topological polar surface area (TPSA) is 44.7 Å². The number of carbonyl (C=O) groups is 1. The molecule has 0 aliphatic rings. The summed E-state index contributed by atoms with van der Waals surface area (Å²) >= 11 is 0. The third kappa shape index (κ3) is 5.33. The van der Waals surface area contributed by atoms with Gasteiger partial charge in [-0.2, -0.15) is 0 Å². The van der Waals surface area contributed by atoms with E-state index in [-0.39, 0.29) is 24.2 Å². The lowest BCUT2D eigenvalue weighted by molar-refractivity contribution is -0.396. The van der Waals surface area contributed by atoms with E-state index in [2.05, 4.69) is 26.5 Å². The van der Waals surface area contributed by atoms with E-state index in [0.29, 0.717) is 0 Å². The minimum atomic E-state index is -0.107. The van der Waals surface area contributed by atoms with Gasteiger partial charge in [0.2, 0.25) is 5.78 Å². The highest BCUT2D eigenvalue weighted by Gasteiger charge is 2.18. The second-order valence-corrected chi connectivity index (χ2v) is 3.80. The van der Waals surface area contributed by atoms with Crippen LogP contribution in [0.2, 0.25) is 0 Å². The molecule has 0 rings (SSSR count). The van der Waals surface area contributed by atoms with Crippen LogP contribution < -0.4 is 18.1 Å². The Morgan fingerprint density at radius 1 is 1.20 bits per heavy atom. The van der Waals surface area contributed by atoms with E-state index in [1.54, 1.807) is 0 Å². The highest BCUT2D eigenvalue weighted by molar-refractivity contribution is 5.98. The Labute approximate surface area is 99.7 Å². The van der Waals surface area contributed by atoms with Gasteiger partial charge in [0.05, 0.1) is 0 Å². The average molecular weight is 234 g/mol. The van der Waals surface area contributed by atoms with Gasteiger partial charge in [0, 0.05) is 5.57 Å². The molecule has 0 saturated carbocycles. The first-order chi connectivity index (χ1) is 6.58. The van der Waals surface area contributed by atoms with Crippen molar-refractivity contribution in [1.82, 2.24) is 0 Å². The molecule has 0 radical (unpaired) electrons. The van der Waals surface area contributed by atoms with E-state index in [1.807, 2.05) is 6.92 Å². The van der Waals surface area contributed by atoms with E-state index in [0.717, 1.165) is 31.3 Å². The Kier molecular flexibility index (Phi) is 10.2. The maximum absolute atomic E-state index is 11.9. The average Bonchev–Trinajstić information content (AvgIpc) is 2.17. The van der Waals surface area contributed by atoms with Crippen molar-refractivity contribution in [2.45, 2.75) is 59.4 Å². The monoisotopic (exact) mass is 233 g/mol. The Hall–Kier alpha value is -0.340. The third-order valence-corrected chi connectivity index (χ3v) is 2.53. The summed E-state index contributed by atoms with van der Waals surface area (Å²) in [4.78, 5) is 11.9. The zero-order chi connectivity index (χ0) is 11.1. The summed E-state index contributed by atoms with van der Waals surface area (Å²) in [5, 5.41) is 0. The maximum Gasteiger partial charge on any atom is 0.215 e. The molecule has 0 saturated heterocycles. The van der Waals surface area contributed by atoms with Crippen LogP contribution in [0.4, 0.5) is 0 Å². The van der Waals surface area contributed by atoms with Crippen LogP contribution in [0.5, 0.6) is 0 Å². The largest absolute Gasteiger partial charge is 1.00 e. The van der Waals surface area contributed by atoms with E-state index >= 15 is 0 Å².